The van der Waals surface area contributed by atoms with Crippen molar-refractivity contribution in [3.8, 4) is 0 Å². The van der Waals surface area contributed by atoms with Gasteiger partial charge in [0.1, 0.15) is 0 Å². The van der Waals surface area contributed by atoms with Crippen molar-refractivity contribution in [3.63, 3.8) is 0 Å². The van der Waals surface area contributed by atoms with E-state index in [-0.39, 0.29) is 17.3 Å². The van der Waals surface area contributed by atoms with Gasteiger partial charge < -0.3 is 11.1 Å². The van der Waals surface area contributed by atoms with E-state index in [2.05, 4.69) is 22.5 Å². The first-order valence-electron chi connectivity index (χ1n) is 5.54. The summed E-state index contributed by atoms with van der Waals surface area (Å²) in [7, 11) is 0. The molecule has 0 unspecified atom stereocenters. The Balaban J connectivity index is 2.12. The van der Waals surface area contributed by atoms with Gasteiger partial charge in [-0.3, -0.25) is 9.78 Å². The summed E-state index contributed by atoms with van der Waals surface area (Å²) in [6, 6.07) is 9.75. The Kier molecular flexibility index (Phi) is 3.84. The van der Waals surface area contributed by atoms with Gasteiger partial charge in [-0.15, -0.1) is 0 Å². The summed E-state index contributed by atoms with van der Waals surface area (Å²) >= 11 is 4.68. The molecule has 18 heavy (non-hydrogen) atoms. The number of para-hydroxylation sites is 1. The van der Waals surface area contributed by atoms with Crippen LogP contribution in [0.5, 0.6) is 0 Å². The summed E-state index contributed by atoms with van der Waals surface area (Å²) < 4.78 is 0. The standard InChI is InChI=1S/C13H13N3OS/c14-11(18)7-12(17)16-8-10-4-1-3-9-5-2-6-15-13(9)10/h1-6H,7-8H2,(H2,14,18)(H,16,17). The van der Waals surface area contributed by atoms with E-state index in [1.165, 1.54) is 0 Å². The molecule has 0 aliphatic heterocycles. The molecule has 1 aromatic heterocycles. The van der Waals surface area contributed by atoms with Crippen molar-refractivity contribution < 1.29 is 4.79 Å². The van der Waals surface area contributed by atoms with Gasteiger partial charge in [-0.1, -0.05) is 36.5 Å². The number of carbonyl (C=O) groups is 1. The fourth-order valence-electron chi connectivity index (χ4n) is 1.72. The molecule has 0 saturated heterocycles. The Bertz CT molecular complexity index is 592. The minimum Gasteiger partial charge on any atom is -0.393 e. The number of fused-ring (bicyclic) bond motifs is 1. The number of nitrogens with one attached hydrogen (secondary N) is 1. The minimum atomic E-state index is -0.171. The number of hydrogen-bond acceptors (Lipinski definition) is 3. The van der Waals surface area contributed by atoms with Crippen molar-refractivity contribution in [2.24, 2.45) is 5.73 Å². The Hall–Kier alpha value is -2.01. The van der Waals surface area contributed by atoms with E-state index in [1.807, 2.05) is 30.3 Å². The van der Waals surface area contributed by atoms with E-state index in [1.54, 1.807) is 6.20 Å². The highest BCUT2D eigenvalue weighted by atomic mass is 32.1. The maximum absolute atomic E-state index is 11.5. The van der Waals surface area contributed by atoms with Crippen LogP contribution in [-0.4, -0.2) is 15.9 Å². The zero-order valence-electron chi connectivity index (χ0n) is 9.72. The second-order valence-corrected chi connectivity index (χ2v) is 4.44. The minimum absolute atomic E-state index is 0.0769. The van der Waals surface area contributed by atoms with Gasteiger partial charge in [0.2, 0.25) is 5.91 Å². The lowest BCUT2D eigenvalue weighted by Crippen LogP contribution is -2.27. The molecule has 0 radical (unpaired) electrons. The molecule has 0 atom stereocenters. The zero-order valence-corrected chi connectivity index (χ0v) is 10.5. The Morgan fingerprint density at radius 2 is 2.11 bits per heavy atom. The number of rotatable bonds is 4. The molecule has 0 bridgehead atoms. The van der Waals surface area contributed by atoms with Crippen LogP contribution in [0.2, 0.25) is 0 Å². The highest BCUT2D eigenvalue weighted by Crippen LogP contribution is 2.15. The second kappa shape index (κ2) is 5.55. The quantitative estimate of drug-likeness (QED) is 0.817. The van der Waals surface area contributed by atoms with Gasteiger partial charge in [-0.05, 0) is 11.6 Å². The highest BCUT2D eigenvalue weighted by Gasteiger charge is 2.05. The lowest BCUT2D eigenvalue weighted by molar-refractivity contribution is -0.120. The number of carbonyl (C=O) groups excluding carboxylic acids is 1. The molecule has 92 valence electrons. The Morgan fingerprint density at radius 1 is 1.33 bits per heavy atom. The fourth-order valence-corrected chi connectivity index (χ4v) is 1.86. The SMILES string of the molecule is NC(=S)CC(=O)NCc1cccc2cccnc12. The summed E-state index contributed by atoms with van der Waals surface area (Å²) in [6.45, 7) is 0.426. The van der Waals surface area contributed by atoms with Gasteiger partial charge in [-0.25, -0.2) is 0 Å². The first-order valence-corrected chi connectivity index (χ1v) is 5.95. The van der Waals surface area contributed by atoms with Gasteiger partial charge in [0.15, 0.2) is 0 Å². The summed E-state index contributed by atoms with van der Waals surface area (Å²) in [4.78, 5) is 16.0. The molecule has 5 heteroatoms. The van der Waals surface area contributed by atoms with Gasteiger partial charge in [0.25, 0.3) is 0 Å². The lowest BCUT2D eigenvalue weighted by Gasteiger charge is -2.07. The summed E-state index contributed by atoms with van der Waals surface area (Å²) in [5.74, 6) is -0.171. The second-order valence-electron chi connectivity index (χ2n) is 3.91. The molecule has 0 fully saturated rings. The number of nitrogens with zero attached hydrogens (tertiary/aromatic N) is 1. The van der Waals surface area contributed by atoms with Crippen LogP contribution in [0.3, 0.4) is 0 Å². The van der Waals surface area contributed by atoms with Gasteiger partial charge in [0.05, 0.1) is 16.9 Å². The van der Waals surface area contributed by atoms with E-state index < -0.39 is 0 Å². The van der Waals surface area contributed by atoms with Crippen molar-refractivity contribution in [2.75, 3.05) is 0 Å². The average Bonchev–Trinajstić information content (AvgIpc) is 2.35. The fraction of sp³-hybridized carbons (Fsp3) is 0.154. The molecule has 4 nitrogen and oxygen atoms in total. The van der Waals surface area contributed by atoms with Crippen LogP contribution in [0, 0.1) is 0 Å². The van der Waals surface area contributed by atoms with Crippen LogP contribution in [0.25, 0.3) is 10.9 Å². The zero-order chi connectivity index (χ0) is 13.0. The molecule has 3 N–H and O–H groups in total. The molecule has 1 amide bonds. The molecule has 1 heterocycles. The number of aromatic nitrogens is 1. The Labute approximate surface area is 110 Å². The van der Waals surface area contributed by atoms with Gasteiger partial charge >= 0.3 is 0 Å². The van der Waals surface area contributed by atoms with Crippen LogP contribution in [0.15, 0.2) is 36.5 Å². The van der Waals surface area contributed by atoms with E-state index in [0.29, 0.717) is 6.54 Å². The average molecular weight is 259 g/mol. The predicted octanol–water partition coefficient (Wildman–Crippen LogP) is 1.53. The monoisotopic (exact) mass is 259 g/mol. The first-order chi connectivity index (χ1) is 8.66. The van der Waals surface area contributed by atoms with Crippen LogP contribution in [-0.2, 0) is 11.3 Å². The third-order valence-electron chi connectivity index (χ3n) is 2.53. The molecule has 2 rings (SSSR count). The number of nitrogens with two attached hydrogens (primary N) is 1. The molecule has 2 aromatic rings. The maximum Gasteiger partial charge on any atom is 0.227 e. The van der Waals surface area contributed by atoms with Crippen molar-refractivity contribution in [3.05, 3.63) is 42.1 Å². The molecule has 0 aliphatic rings. The van der Waals surface area contributed by atoms with Crippen LogP contribution in [0.1, 0.15) is 12.0 Å². The topological polar surface area (TPSA) is 68.0 Å². The molecule has 0 aliphatic carbocycles. The maximum atomic E-state index is 11.5. The van der Waals surface area contributed by atoms with Gasteiger partial charge in [-0.2, -0.15) is 0 Å². The van der Waals surface area contributed by atoms with Crippen LogP contribution in [0.4, 0.5) is 0 Å². The summed E-state index contributed by atoms with van der Waals surface area (Å²) in [6.07, 6.45) is 1.82. The predicted molar refractivity (Wildman–Crippen MR) is 75.0 cm³/mol. The molecular formula is C13H13N3OS. The van der Waals surface area contributed by atoms with E-state index in [0.717, 1.165) is 16.5 Å². The summed E-state index contributed by atoms with van der Waals surface area (Å²) in [5.41, 5.74) is 7.19. The van der Waals surface area contributed by atoms with Crippen molar-refractivity contribution in [2.45, 2.75) is 13.0 Å². The largest absolute Gasteiger partial charge is 0.393 e. The van der Waals surface area contributed by atoms with Crippen molar-refractivity contribution >= 4 is 34.0 Å². The van der Waals surface area contributed by atoms with Crippen molar-refractivity contribution in [1.29, 1.82) is 0 Å². The molecule has 0 spiro atoms. The normalized spacial score (nSPS) is 10.2. The summed E-state index contributed by atoms with van der Waals surface area (Å²) in [5, 5.41) is 3.83. The lowest BCUT2D eigenvalue weighted by atomic mass is 10.1. The molecular weight excluding hydrogens is 246 g/mol. The number of benzene rings is 1. The molecule has 0 saturated carbocycles. The highest BCUT2D eigenvalue weighted by molar-refractivity contribution is 7.80. The third kappa shape index (κ3) is 3.01. The number of thiocarbonyl (C=S) groups is 1. The first kappa shape index (κ1) is 12.4. The Morgan fingerprint density at radius 3 is 2.89 bits per heavy atom. The van der Waals surface area contributed by atoms with Crippen LogP contribution >= 0.6 is 12.2 Å². The third-order valence-corrected chi connectivity index (χ3v) is 2.67. The van der Waals surface area contributed by atoms with E-state index >= 15 is 0 Å². The number of amides is 1. The smallest absolute Gasteiger partial charge is 0.227 e. The van der Waals surface area contributed by atoms with E-state index in [9.17, 15) is 4.79 Å². The van der Waals surface area contributed by atoms with E-state index in [4.69, 9.17) is 5.73 Å². The number of hydrogen-bond donors (Lipinski definition) is 2. The van der Waals surface area contributed by atoms with Gasteiger partial charge in [0, 0.05) is 18.1 Å². The van der Waals surface area contributed by atoms with Crippen LogP contribution < -0.4 is 11.1 Å². The van der Waals surface area contributed by atoms with Crippen molar-refractivity contribution in [1.82, 2.24) is 10.3 Å². The molecule has 1 aromatic carbocycles. The number of pyridine rings is 1.